The second-order valence-corrected chi connectivity index (χ2v) is 2.58. The molecule has 66 valence electrons. The summed E-state index contributed by atoms with van der Waals surface area (Å²) in [6.45, 7) is 4.11. The Morgan fingerprint density at radius 3 is 2.75 bits per heavy atom. The molecule has 0 N–H and O–H groups in total. The van der Waals surface area contributed by atoms with E-state index in [9.17, 15) is 4.79 Å². The fraction of sp³-hybridized carbons (Fsp3) is 0.545. The second-order valence-electron chi connectivity index (χ2n) is 2.58. The van der Waals surface area contributed by atoms with Crippen molar-refractivity contribution < 1.29 is 4.79 Å². The van der Waals surface area contributed by atoms with Crippen LogP contribution in [0.1, 0.15) is 39.5 Å². The van der Waals surface area contributed by atoms with Gasteiger partial charge in [-0.1, -0.05) is 32.3 Å². The Kier molecular flexibility index (Phi) is 7.38. The number of rotatable bonds is 4. The van der Waals surface area contributed by atoms with Crippen molar-refractivity contribution in [2.24, 2.45) is 0 Å². The molecule has 0 atom stereocenters. The Morgan fingerprint density at radius 1 is 1.42 bits per heavy atom. The van der Waals surface area contributed by atoms with Crippen LogP contribution >= 0.6 is 0 Å². The van der Waals surface area contributed by atoms with E-state index >= 15 is 0 Å². The topological polar surface area (TPSA) is 17.1 Å². The molecule has 0 aromatic heterocycles. The first-order chi connectivity index (χ1) is 5.81. The maximum atomic E-state index is 10.9. The molecule has 0 aliphatic heterocycles. The van der Waals surface area contributed by atoms with Gasteiger partial charge in [0.15, 0.2) is 0 Å². The molecule has 0 fully saturated rings. The first-order valence-electron chi connectivity index (χ1n) is 4.50. The molecule has 0 saturated carbocycles. The van der Waals surface area contributed by atoms with Crippen LogP contribution in [0.5, 0.6) is 0 Å². The highest BCUT2D eigenvalue weighted by Crippen LogP contribution is 1.90. The SMILES string of the molecule is CC/C=C/C(=O)C#CCCCC. The molecule has 0 rings (SSSR count). The quantitative estimate of drug-likeness (QED) is 0.270. The number of allylic oxidation sites excluding steroid dienone is 2. The maximum Gasteiger partial charge on any atom is 0.228 e. The van der Waals surface area contributed by atoms with Gasteiger partial charge < -0.3 is 0 Å². The standard InChI is InChI=1S/C11H16O/c1-3-5-7-8-10-11(12)9-6-4-2/h6,9H,3-5,7H2,1-2H3/b9-6+. The summed E-state index contributed by atoms with van der Waals surface area (Å²) in [6, 6.07) is 0. The summed E-state index contributed by atoms with van der Waals surface area (Å²) < 4.78 is 0. The number of hydrogen-bond donors (Lipinski definition) is 0. The lowest BCUT2D eigenvalue weighted by Crippen LogP contribution is -1.84. The average Bonchev–Trinajstić information content (AvgIpc) is 2.09. The van der Waals surface area contributed by atoms with Crippen LogP contribution in [0.25, 0.3) is 0 Å². The van der Waals surface area contributed by atoms with Gasteiger partial charge in [0.05, 0.1) is 0 Å². The summed E-state index contributed by atoms with van der Waals surface area (Å²) in [7, 11) is 0. The predicted molar refractivity (Wildman–Crippen MR) is 51.7 cm³/mol. The zero-order valence-corrected chi connectivity index (χ0v) is 7.89. The fourth-order valence-corrected chi connectivity index (χ4v) is 0.681. The Balaban J connectivity index is 3.64. The third-order valence-electron chi connectivity index (χ3n) is 1.37. The van der Waals surface area contributed by atoms with E-state index in [2.05, 4.69) is 18.8 Å². The highest BCUT2D eigenvalue weighted by Gasteiger charge is 1.84. The molecule has 0 unspecified atom stereocenters. The monoisotopic (exact) mass is 164 g/mol. The van der Waals surface area contributed by atoms with E-state index in [4.69, 9.17) is 0 Å². The summed E-state index contributed by atoms with van der Waals surface area (Å²) in [4.78, 5) is 10.9. The van der Waals surface area contributed by atoms with Crippen LogP contribution in [0.15, 0.2) is 12.2 Å². The highest BCUT2D eigenvalue weighted by molar-refractivity contribution is 6.04. The van der Waals surface area contributed by atoms with E-state index in [1.807, 2.05) is 13.0 Å². The first kappa shape index (κ1) is 11.0. The lowest BCUT2D eigenvalue weighted by atomic mass is 10.2. The average molecular weight is 164 g/mol. The number of unbranched alkanes of at least 4 members (excludes halogenated alkanes) is 2. The van der Waals surface area contributed by atoms with Gasteiger partial charge in [0.25, 0.3) is 0 Å². The second kappa shape index (κ2) is 8.07. The molecule has 0 spiro atoms. The van der Waals surface area contributed by atoms with Crippen molar-refractivity contribution in [1.29, 1.82) is 0 Å². The fourth-order valence-electron chi connectivity index (χ4n) is 0.681. The van der Waals surface area contributed by atoms with Gasteiger partial charge in [0.1, 0.15) is 0 Å². The zero-order valence-electron chi connectivity index (χ0n) is 7.89. The van der Waals surface area contributed by atoms with Crippen LogP contribution < -0.4 is 0 Å². The summed E-state index contributed by atoms with van der Waals surface area (Å²) in [5, 5.41) is 0. The molecular formula is C11H16O. The number of ketones is 1. The minimum atomic E-state index is -0.0760. The van der Waals surface area contributed by atoms with Gasteiger partial charge in [0, 0.05) is 6.42 Å². The van der Waals surface area contributed by atoms with E-state index in [1.165, 1.54) is 0 Å². The third kappa shape index (κ3) is 7.08. The van der Waals surface area contributed by atoms with E-state index in [1.54, 1.807) is 6.08 Å². The smallest absolute Gasteiger partial charge is 0.228 e. The van der Waals surface area contributed by atoms with Crippen LogP contribution in [-0.2, 0) is 4.79 Å². The molecule has 0 heterocycles. The normalized spacial score (nSPS) is 9.50. The van der Waals surface area contributed by atoms with E-state index in [-0.39, 0.29) is 5.78 Å². The van der Waals surface area contributed by atoms with Gasteiger partial charge in [-0.15, -0.1) is 0 Å². The molecule has 0 aromatic carbocycles. The molecule has 1 heteroatoms. The van der Waals surface area contributed by atoms with Crippen molar-refractivity contribution in [2.75, 3.05) is 0 Å². The van der Waals surface area contributed by atoms with Gasteiger partial charge in [-0.05, 0) is 24.8 Å². The zero-order chi connectivity index (χ0) is 9.23. The van der Waals surface area contributed by atoms with Gasteiger partial charge in [-0.25, -0.2) is 0 Å². The van der Waals surface area contributed by atoms with Crippen LogP contribution in [0, 0.1) is 11.8 Å². The van der Waals surface area contributed by atoms with Gasteiger partial charge in [-0.2, -0.15) is 0 Å². The van der Waals surface area contributed by atoms with E-state index in [0.717, 1.165) is 25.7 Å². The third-order valence-corrected chi connectivity index (χ3v) is 1.37. The summed E-state index contributed by atoms with van der Waals surface area (Å²) in [5.74, 6) is 5.34. The number of carbonyl (C=O) groups excluding carboxylic acids is 1. The lowest BCUT2D eigenvalue weighted by molar-refractivity contribution is -0.109. The Bertz CT molecular complexity index is 203. The van der Waals surface area contributed by atoms with Crippen LogP contribution in [0.4, 0.5) is 0 Å². The van der Waals surface area contributed by atoms with E-state index < -0.39 is 0 Å². The molecule has 0 aliphatic rings. The number of hydrogen-bond acceptors (Lipinski definition) is 1. The van der Waals surface area contributed by atoms with Crippen molar-refractivity contribution in [3.63, 3.8) is 0 Å². The van der Waals surface area contributed by atoms with Crippen LogP contribution in [0.2, 0.25) is 0 Å². The Labute approximate surface area is 74.9 Å². The van der Waals surface area contributed by atoms with E-state index in [0.29, 0.717) is 0 Å². The molecule has 1 nitrogen and oxygen atoms in total. The van der Waals surface area contributed by atoms with Crippen molar-refractivity contribution in [3.05, 3.63) is 12.2 Å². The Morgan fingerprint density at radius 2 is 2.17 bits per heavy atom. The minimum Gasteiger partial charge on any atom is -0.280 e. The summed E-state index contributed by atoms with van der Waals surface area (Å²) >= 11 is 0. The van der Waals surface area contributed by atoms with Crippen molar-refractivity contribution in [1.82, 2.24) is 0 Å². The molecule has 0 radical (unpaired) electrons. The largest absolute Gasteiger partial charge is 0.280 e. The van der Waals surface area contributed by atoms with Gasteiger partial charge in [0.2, 0.25) is 5.78 Å². The molecule has 0 saturated heterocycles. The van der Waals surface area contributed by atoms with Gasteiger partial charge in [-0.3, -0.25) is 4.79 Å². The van der Waals surface area contributed by atoms with Crippen molar-refractivity contribution in [3.8, 4) is 11.8 Å². The molecular weight excluding hydrogens is 148 g/mol. The predicted octanol–water partition coefficient (Wildman–Crippen LogP) is 2.72. The minimum absolute atomic E-state index is 0.0760. The maximum absolute atomic E-state index is 10.9. The van der Waals surface area contributed by atoms with Gasteiger partial charge >= 0.3 is 0 Å². The van der Waals surface area contributed by atoms with Crippen LogP contribution in [-0.4, -0.2) is 5.78 Å². The molecule has 0 aliphatic carbocycles. The molecule has 0 bridgehead atoms. The molecule has 0 amide bonds. The Hall–Kier alpha value is -1.03. The molecule has 0 aromatic rings. The molecule has 12 heavy (non-hydrogen) atoms. The number of carbonyl (C=O) groups is 1. The van der Waals surface area contributed by atoms with Crippen molar-refractivity contribution >= 4 is 5.78 Å². The summed E-state index contributed by atoms with van der Waals surface area (Å²) in [5.41, 5.74) is 0. The first-order valence-corrected chi connectivity index (χ1v) is 4.50. The lowest BCUT2D eigenvalue weighted by Gasteiger charge is -1.82. The summed E-state index contributed by atoms with van der Waals surface area (Å²) in [6.07, 6.45) is 7.31. The van der Waals surface area contributed by atoms with Crippen LogP contribution in [0.3, 0.4) is 0 Å². The highest BCUT2D eigenvalue weighted by atomic mass is 16.1. The van der Waals surface area contributed by atoms with Crippen molar-refractivity contribution in [2.45, 2.75) is 39.5 Å².